The topological polar surface area (TPSA) is 95.9 Å². The van der Waals surface area contributed by atoms with Gasteiger partial charge < -0.3 is 20.3 Å². The molecule has 3 unspecified atom stereocenters. The van der Waals surface area contributed by atoms with Crippen molar-refractivity contribution in [1.82, 2.24) is 5.32 Å². The van der Waals surface area contributed by atoms with Crippen molar-refractivity contribution in [3.63, 3.8) is 0 Å². The SMILES string of the molecule is CCCCC/C=C\CCCCCC(CC(=O)NC(CO)C(O)CCCCCCCCCCCCCCC)OC(=O)CCCCCCCCCCCCCCCCCCCCC. The molecule has 0 rings (SSSR count). The molecule has 0 fully saturated rings. The molecule has 0 spiro atoms. The molecular formula is C55H107NO5. The van der Waals surface area contributed by atoms with Crippen LogP contribution in [-0.4, -0.2) is 46.9 Å². The third-order valence-corrected chi connectivity index (χ3v) is 12.8. The van der Waals surface area contributed by atoms with E-state index in [4.69, 9.17) is 4.74 Å². The Kier molecular flexibility index (Phi) is 48.5. The average Bonchev–Trinajstić information content (AvgIpc) is 3.25. The maximum atomic E-state index is 13.2. The summed E-state index contributed by atoms with van der Waals surface area (Å²) in [4.78, 5) is 26.1. The first-order valence-corrected chi connectivity index (χ1v) is 27.4. The van der Waals surface area contributed by atoms with Gasteiger partial charge in [0.05, 0.1) is 25.2 Å². The van der Waals surface area contributed by atoms with Crippen molar-refractivity contribution in [2.45, 2.75) is 322 Å². The van der Waals surface area contributed by atoms with E-state index in [0.717, 1.165) is 64.2 Å². The van der Waals surface area contributed by atoms with Gasteiger partial charge in [0.15, 0.2) is 0 Å². The van der Waals surface area contributed by atoms with E-state index < -0.39 is 18.2 Å². The molecule has 0 aliphatic carbocycles. The number of hydrogen-bond donors (Lipinski definition) is 3. The highest BCUT2D eigenvalue weighted by Crippen LogP contribution is 2.18. The summed E-state index contributed by atoms with van der Waals surface area (Å²) in [5.74, 6) is -0.472. The zero-order valence-corrected chi connectivity index (χ0v) is 41.3. The van der Waals surface area contributed by atoms with E-state index in [2.05, 4.69) is 38.2 Å². The Balaban J connectivity index is 4.40. The van der Waals surface area contributed by atoms with Crippen molar-refractivity contribution in [1.29, 1.82) is 0 Å². The predicted octanol–water partition coefficient (Wildman–Crippen LogP) is 16.5. The number of rotatable bonds is 50. The second-order valence-corrected chi connectivity index (χ2v) is 19.0. The van der Waals surface area contributed by atoms with Crippen molar-refractivity contribution >= 4 is 11.9 Å². The van der Waals surface area contributed by atoms with Crippen LogP contribution in [0, 0.1) is 0 Å². The summed E-state index contributed by atoms with van der Waals surface area (Å²) in [6, 6.07) is -0.699. The number of amides is 1. The molecule has 0 bridgehead atoms. The summed E-state index contributed by atoms with van der Waals surface area (Å²) in [6.45, 7) is 6.48. The summed E-state index contributed by atoms with van der Waals surface area (Å²) >= 11 is 0. The second kappa shape index (κ2) is 49.6. The van der Waals surface area contributed by atoms with Gasteiger partial charge in [0.1, 0.15) is 6.10 Å². The normalized spacial score (nSPS) is 13.2. The van der Waals surface area contributed by atoms with Gasteiger partial charge in [0.25, 0.3) is 0 Å². The van der Waals surface area contributed by atoms with E-state index in [1.807, 2.05) is 0 Å². The minimum Gasteiger partial charge on any atom is -0.462 e. The minimum absolute atomic E-state index is 0.0736. The van der Waals surface area contributed by atoms with E-state index in [9.17, 15) is 19.8 Å². The summed E-state index contributed by atoms with van der Waals surface area (Å²) in [5, 5.41) is 23.8. The molecule has 362 valence electrons. The third-order valence-electron chi connectivity index (χ3n) is 12.8. The van der Waals surface area contributed by atoms with Crippen LogP contribution in [0.5, 0.6) is 0 Å². The van der Waals surface area contributed by atoms with Gasteiger partial charge in [-0.05, 0) is 51.4 Å². The number of carbonyl (C=O) groups is 2. The second-order valence-electron chi connectivity index (χ2n) is 19.0. The summed E-state index contributed by atoms with van der Waals surface area (Å²) in [6.07, 6.45) is 55.7. The lowest BCUT2D eigenvalue weighted by molar-refractivity contribution is -0.151. The van der Waals surface area contributed by atoms with Gasteiger partial charge in [-0.2, -0.15) is 0 Å². The Hall–Kier alpha value is -1.40. The van der Waals surface area contributed by atoms with Gasteiger partial charge in [0, 0.05) is 6.42 Å². The Morgan fingerprint density at radius 1 is 0.459 bits per heavy atom. The van der Waals surface area contributed by atoms with E-state index >= 15 is 0 Å². The van der Waals surface area contributed by atoms with Gasteiger partial charge in [-0.3, -0.25) is 9.59 Å². The van der Waals surface area contributed by atoms with Gasteiger partial charge in [-0.15, -0.1) is 0 Å². The molecule has 6 nitrogen and oxygen atoms in total. The molecule has 0 heterocycles. The Morgan fingerprint density at radius 2 is 0.787 bits per heavy atom. The summed E-state index contributed by atoms with van der Waals surface area (Å²) in [7, 11) is 0. The largest absolute Gasteiger partial charge is 0.462 e. The summed E-state index contributed by atoms with van der Waals surface area (Å²) in [5.41, 5.74) is 0. The molecule has 0 aromatic rings. The fraction of sp³-hybridized carbons (Fsp3) is 0.927. The quantitative estimate of drug-likeness (QED) is 0.0322. The van der Waals surface area contributed by atoms with Crippen LogP contribution in [0.3, 0.4) is 0 Å². The van der Waals surface area contributed by atoms with Crippen molar-refractivity contribution in [3.8, 4) is 0 Å². The van der Waals surface area contributed by atoms with Gasteiger partial charge in [-0.1, -0.05) is 251 Å². The molecule has 0 aromatic heterocycles. The molecule has 0 saturated heterocycles. The maximum Gasteiger partial charge on any atom is 0.306 e. The summed E-state index contributed by atoms with van der Waals surface area (Å²) < 4.78 is 5.93. The Bertz CT molecular complexity index is 924. The molecule has 1 amide bonds. The van der Waals surface area contributed by atoms with Gasteiger partial charge in [0.2, 0.25) is 5.91 Å². The fourth-order valence-electron chi connectivity index (χ4n) is 8.66. The van der Waals surface area contributed by atoms with Crippen LogP contribution in [-0.2, 0) is 14.3 Å². The zero-order valence-electron chi connectivity index (χ0n) is 41.3. The molecule has 0 saturated carbocycles. The number of nitrogens with one attached hydrogen (secondary N) is 1. The number of ether oxygens (including phenoxy) is 1. The molecule has 0 aliphatic rings. The molecule has 6 heteroatoms. The van der Waals surface area contributed by atoms with E-state index in [1.54, 1.807) is 0 Å². The van der Waals surface area contributed by atoms with Crippen LogP contribution in [0.2, 0.25) is 0 Å². The average molecular weight is 862 g/mol. The van der Waals surface area contributed by atoms with Crippen molar-refractivity contribution in [2.75, 3.05) is 6.61 Å². The highest BCUT2D eigenvalue weighted by molar-refractivity contribution is 5.77. The number of carbonyl (C=O) groups excluding carboxylic acids is 2. The van der Waals surface area contributed by atoms with E-state index in [0.29, 0.717) is 19.3 Å². The smallest absolute Gasteiger partial charge is 0.306 e. The van der Waals surface area contributed by atoms with Gasteiger partial charge >= 0.3 is 5.97 Å². The van der Waals surface area contributed by atoms with Crippen LogP contribution in [0.15, 0.2) is 12.2 Å². The van der Waals surface area contributed by atoms with Crippen molar-refractivity contribution < 1.29 is 24.5 Å². The molecule has 0 radical (unpaired) electrons. The lowest BCUT2D eigenvalue weighted by Crippen LogP contribution is -2.46. The first kappa shape index (κ1) is 59.6. The monoisotopic (exact) mass is 862 g/mol. The van der Waals surface area contributed by atoms with Gasteiger partial charge in [-0.25, -0.2) is 0 Å². The first-order valence-electron chi connectivity index (χ1n) is 27.4. The van der Waals surface area contributed by atoms with Crippen LogP contribution in [0.1, 0.15) is 303 Å². The molecule has 0 aliphatic heterocycles. The van der Waals surface area contributed by atoms with E-state index in [1.165, 1.54) is 193 Å². The number of esters is 1. The highest BCUT2D eigenvalue weighted by Gasteiger charge is 2.24. The lowest BCUT2D eigenvalue weighted by atomic mass is 10.0. The Labute approximate surface area is 380 Å². The van der Waals surface area contributed by atoms with Crippen molar-refractivity contribution in [3.05, 3.63) is 12.2 Å². The standard InChI is InChI=1S/C55H107NO5/c1-4-7-10-13-16-19-22-24-25-26-27-28-29-31-33-36-39-42-45-48-55(60)61-51(46-43-40-37-34-21-18-15-12-9-6-3)49-54(59)56-52(50-57)53(58)47-44-41-38-35-32-30-23-20-17-14-11-8-5-2/h18,21,51-53,57-58H,4-17,19-20,22-50H2,1-3H3,(H,56,59)/b21-18-. The van der Waals surface area contributed by atoms with Crippen LogP contribution < -0.4 is 5.32 Å². The highest BCUT2D eigenvalue weighted by atomic mass is 16.5. The molecular weight excluding hydrogens is 755 g/mol. The predicted molar refractivity (Wildman–Crippen MR) is 264 cm³/mol. The molecule has 61 heavy (non-hydrogen) atoms. The maximum absolute atomic E-state index is 13.2. The van der Waals surface area contributed by atoms with Crippen LogP contribution in [0.25, 0.3) is 0 Å². The molecule has 3 N–H and O–H groups in total. The Morgan fingerprint density at radius 3 is 1.20 bits per heavy atom. The number of aliphatic hydroxyl groups is 2. The lowest BCUT2D eigenvalue weighted by Gasteiger charge is -2.24. The van der Waals surface area contributed by atoms with Crippen molar-refractivity contribution in [2.24, 2.45) is 0 Å². The van der Waals surface area contributed by atoms with Crippen LogP contribution >= 0.6 is 0 Å². The van der Waals surface area contributed by atoms with Crippen LogP contribution in [0.4, 0.5) is 0 Å². The number of allylic oxidation sites excluding steroid dienone is 2. The minimum atomic E-state index is -0.785. The number of hydrogen-bond acceptors (Lipinski definition) is 5. The third kappa shape index (κ3) is 45.0. The molecule has 3 atom stereocenters. The van der Waals surface area contributed by atoms with E-state index in [-0.39, 0.29) is 24.9 Å². The zero-order chi connectivity index (χ0) is 44.5. The first-order chi connectivity index (χ1) is 30.0. The number of unbranched alkanes of at least 4 members (excludes halogenated alkanes) is 36. The fourth-order valence-corrected chi connectivity index (χ4v) is 8.66. The number of aliphatic hydroxyl groups excluding tert-OH is 2. The molecule has 0 aromatic carbocycles.